The predicted molar refractivity (Wildman–Crippen MR) is 101 cm³/mol. The van der Waals surface area contributed by atoms with E-state index in [1.165, 1.54) is 16.2 Å². The minimum atomic E-state index is -0.881. The van der Waals surface area contributed by atoms with Gasteiger partial charge in [0.05, 0.1) is 18.8 Å². The maximum Gasteiger partial charge on any atom is 0.397 e. The molecular formula is C19H18N2O3S. The number of nitrogens with zero attached hydrogens (tertiary/aromatic N) is 1. The molecule has 0 aliphatic rings. The van der Waals surface area contributed by atoms with Gasteiger partial charge in [0, 0.05) is 10.1 Å². The Kier molecular flexibility index (Phi) is 5.00. The lowest BCUT2D eigenvalue weighted by molar-refractivity contribution is -0.153. The van der Waals surface area contributed by atoms with E-state index in [2.05, 4.69) is 0 Å². The first-order valence-electron chi connectivity index (χ1n) is 7.91. The van der Waals surface area contributed by atoms with Crippen LogP contribution >= 0.6 is 11.3 Å². The van der Waals surface area contributed by atoms with Crippen molar-refractivity contribution in [2.75, 3.05) is 17.2 Å². The van der Waals surface area contributed by atoms with E-state index < -0.39 is 11.9 Å². The van der Waals surface area contributed by atoms with Gasteiger partial charge < -0.3 is 10.5 Å². The minimum absolute atomic E-state index is 0.142. The van der Waals surface area contributed by atoms with Gasteiger partial charge in [0.15, 0.2) is 0 Å². The van der Waals surface area contributed by atoms with Crippen molar-refractivity contribution in [2.24, 2.45) is 0 Å². The summed E-state index contributed by atoms with van der Waals surface area (Å²) in [5.74, 6) is -1.60. The molecule has 0 atom stereocenters. The summed E-state index contributed by atoms with van der Waals surface area (Å²) in [7, 11) is 0. The summed E-state index contributed by atoms with van der Waals surface area (Å²) < 4.78 is 5.87. The van der Waals surface area contributed by atoms with Crippen molar-refractivity contribution in [3.63, 3.8) is 0 Å². The zero-order chi connectivity index (χ0) is 17.8. The van der Waals surface area contributed by atoms with Gasteiger partial charge in [-0.3, -0.25) is 9.69 Å². The topological polar surface area (TPSA) is 72.6 Å². The van der Waals surface area contributed by atoms with Crippen LogP contribution in [0.4, 0.5) is 10.7 Å². The highest BCUT2D eigenvalue weighted by atomic mass is 32.1. The van der Waals surface area contributed by atoms with E-state index >= 15 is 0 Å². The molecular weight excluding hydrogens is 336 g/mol. The molecule has 0 unspecified atom stereocenters. The van der Waals surface area contributed by atoms with Crippen LogP contribution in [-0.4, -0.2) is 18.5 Å². The van der Waals surface area contributed by atoms with E-state index in [1.807, 2.05) is 54.6 Å². The molecule has 6 heteroatoms. The van der Waals surface area contributed by atoms with Gasteiger partial charge in [-0.25, -0.2) is 4.79 Å². The van der Waals surface area contributed by atoms with Gasteiger partial charge in [-0.15, -0.1) is 11.3 Å². The van der Waals surface area contributed by atoms with E-state index in [0.717, 1.165) is 15.6 Å². The van der Waals surface area contributed by atoms with Gasteiger partial charge in [-0.05, 0) is 18.6 Å². The molecule has 2 N–H and O–H groups in total. The number of anilines is 2. The fourth-order valence-electron chi connectivity index (χ4n) is 2.65. The van der Waals surface area contributed by atoms with Gasteiger partial charge >= 0.3 is 11.9 Å². The molecule has 2 aromatic carbocycles. The normalized spacial score (nSPS) is 10.6. The third-order valence-corrected chi connectivity index (χ3v) is 4.73. The highest BCUT2D eigenvalue weighted by Gasteiger charge is 2.28. The SMILES string of the molecule is CCOC(=O)C(=O)N(Cc1ccccc1)c1c(N)sc2ccccc12. The first-order chi connectivity index (χ1) is 12.1. The highest BCUT2D eigenvalue weighted by molar-refractivity contribution is 7.23. The Morgan fingerprint density at radius 1 is 1.08 bits per heavy atom. The van der Waals surface area contributed by atoms with Crippen LogP contribution in [0.2, 0.25) is 0 Å². The number of carbonyl (C=O) groups is 2. The van der Waals surface area contributed by atoms with Crippen molar-refractivity contribution in [3.8, 4) is 0 Å². The number of thiophene rings is 1. The Morgan fingerprint density at radius 2 is 1.76 bits per heavy atom. The third kappa shape index (κ3) is 3.49. The second-order valence-electron chi connectivity index (χ2n) is 5.41. The van der Waals surface area contributed by atoms with Crippen molar-refractivity contribution in [2.45, 2.75) is 13.5 Å². The van der Waals surface area contributed by atoms with Crippen molar-refractivity contribution >= 4 is 44.0 Å². The molecule has 0 saturated carbocycles. The summed E-state index contributed by atoms with van der Waals surface area (Å²) in [5, 5.41) is 1.34. The summed E-state index contributed by atoms with van der Waals surface area (Å²) >= 11 is 1.39. The van der Waals surface area contributed by atoms with Gasteiger partial charge in [0.25, 0.3) is 0 Å². The molecule has 3 rings (SSSR count). The molecule has 1 aromatic heterocycles. The van der Waals surface area contributed by atoms with Gasteiger partial charge in [-0.1, -0.05) is 48.5 Å². The number of fused-ring (bicyclic) bond motifs is 1. The van der Waals surface area contributed by atoms with E-state index in [9.17, 15) is 9.59 Å². The summed E-state index contributed by atoms with van der Waals surface area (Å²) in [4.78, 5) is 26.2. The maximum absolute atomic E-state index is 12.7. The van der Waals surface area contributed by atoms with Crippen LogP contribution in [0.3, 0.4) is 0 Å². The molecule has 0 spiro atoms. The van der Waals surface area contributed by atoms with Crippen LogP contribution in [0, 0.1) is 0 Å². The van der Waals surface area contributed by atoms with E-state index in [1.54, 1.807) is 6.92 Å². The van der Waals surface area contributed by atoms with Crippen molar-refractivity contribution in [3.05, 3.63) is 60.2 Å². The Labute approximate surface area is 149 Å². The molecule has 0 saturated heterocycles. The molecule has 3 aromatic rings. The number of ether oxygens (including phenoxy) is 1. The maximum atomic E-state index is 12.7. The van der Waals surface area contributed by atoms with Crippen molar-refractivity contribution in [1.82, 2.24) is 0 Å². The van der Waals surface area contributed by atoms with Gasteiger partial charge in [0.1, 0.15) is 5.00 Å². The molecule has 0 aliphatic heterocycles. The van der Waals surface area contributed by atoms with Crippen LogP contribution < -0.4 is 10.6 Å². The van der Waals surface area contributed by atoms with Gasteiger partial charge in [-0.2, -0.15) is 0 Å². The van der Waals surface area contributed by atoms with Crippen LogP contribution in [0.1, 0.15) is 12.5 Å². The number of esters is 1. The van der Waals surface area contributed by atoms with Crippen LogP contribution in [0.25, 0.3) is 10.1 Å². The number of benzene rings is 2. The summed E-state index contributed by atoms with van der Waals surface area (Å²) in [5.41, 5.74) is 7.65. The lowest BCUT2D eigenvalue weighted by atomic mass is 10.1. The fourth-order valence-corrected chi connectivity index (χ4v) is 3.63. The smallest absolute Gasteiger partial charge is 0.397 e. The first-order valence-corrected chi connectivity index (χ1v) is 8.73. The molecule has 25 heavy (non-hydrogen) atoms. The molecule has 1 amide bonds. The molecule has 0 radical (unpaired) electrons. The Hall–Kier alpha value is -2.86. The highest BCUT2D eigenvalue weighted by Crippen LogP contribution is 2.41. The number of carbonyl (C=O) groups excluding carboxylic acids is 2. The molecule has 1 heterocycles. The molecule has 128 valence electrons. The number of nitrogen functional groups attached to an aromatic ring is 1. The lowest BCUT2D eigenvalue weighted by Crippen LogP contribution is -2.37. The average Bonchev–Trinajstić information content (AvgIpc) is 2.96. The second-order valence-corrected chi connectivity index (χ2v) is 6.49. The average molecular weight is 354 g/mol. The molecule has 0 fully saturated rings. The van der Waals surface area contributed by atoms with E-state index in [4.69, 9.17) is 10.5 Å². The van der Waals surface area contributed by atoms with Crippen LogP contribution in [0.15, 0.2) is 54.6 Å². The zero-order valence-corrected chi connectivity index (χ0v) is 14.6. The summed E-state index contributed by atoms with van der Waals surface area (Å²) in [6.07, 6.45) is 0. The van der Waals surface area contributed by atoms with Crippen molar-refractivity contribution < 1.29 is 14.3 Å². The Balaban J connectivity index is 2.08. The summed E-state index contributed by atoms with van der Waals surface area (Å²) in [6.45, 7) is 2.05. The standard InChI is InChI=1S/C19H18N2O3S/c1-2-24-19(23)18(22)21(12-13-8-4-3-5-9-13)16-14-10-6-7-11-15(14)25-17(16)20/h3-11H,2,12,20H2,1H3. The monoisotopic (exact) mass is 354 g/mol. The summed E-state index contributed by atoms with van der Waals surface area (Å²) in [6, 6.07) is 17.1. The fraction of sp³-hybridized carbons (Fsp3) is 0.158. The quantitative estimate of drug-likeness (QED) is 0.574. The molecule has 5 nitrogen and oxygen atoms in total. The number of hydrogen-bond acceptors (Lipinski definition) is 5. The first kappa shape index (κ1) is 17.0. The lowest BCUT2D eigenvalue weighted by Gasteiger charge is -2.22. The number of rotatable bonds is 4. The number of amides is 1. The van der Waals surface area contributed by atoms with Crippen molar-refractivity contribution in [1.29, 1.82) is 0 Å². The Bertz CT molecular complexity index is 905. The molecule has 0 aliphatic carbocycles. The van der Waals surface area contributed by atoms with Gasteiger partial charge in [0.2, 0.25) is 0 Å². The second kappa shape index (κ2) is 7.36. The number of hydrogen-bond donors (Lipinski definition) is 1. The zero-order valence-electron chi connectivity index (χ0n) is 13.8. The van der Waals surface area contributed by atoms with E-state index in [0.29, 0.717) is 10.7 Å². The minimum Gasteiger partial charge on any atom is -0.459 e. The van der Waals surface area contributed by atoms with E-state index in [-0.39, 0.29) is 13.2 Å². The van der Waals surface area contributed by atoms with Crippen LogP contribution in [0.5, 0.6) is 0 Å². The Morgan fingerprint density at radius 3 is 2.48 bits per heavy atom. The number of nitrogens with two attached hydrogens (primary N) is 1. The predicted octanol–water partition coefficient (Wildman–Crippen LogP) is 3.58. The molecule has 0 bridgehead atoms. The third-order valence-electron chi connectivity index (χ3n) is 3.74. The van der Waals surface area contributed by atoms with Crippen LogP contribution in [-0.2, 0) is 20.9 Å². The largest absolute Gasteiger partial charge is 0.459 e.